The summed E-state index contributed by atoms with van der Waals surface area (Å²) in [6.07, 6.45) is 4.01. The maximum atomic E-state index is 11.8. The van der Waals surface area contributed by atoms with Crippen LogP contribution in [0.5, 0.6) is 0 Å². The van der Waals surface area contributed by atoms with E-state index in [1.54, 1.807) is 16.2 Å². The summed E-state index contributed by atoms with van der Waals surface area (Å²) in [5.74, 6) is 2.20. The molecule has 0 spiro atoms. The molecule has 1 amide bonds. The lowest BCUT2D eigenvalue weighted by atomic mass is 9.89. The Hall–Kier alpha value is -1.93. The standard InChI is InChI=1S/C20H29N5O2S/c1-3-27-20(26)25-10-8-24(9-11-25)7-6-16-22-18(21)17-14-5-4-13(2)12-15(14)28-19(17)23-16/h13H,3-12H2,1-2H3,(H2,21,22,23). The lowest BCUT2D eigenvalue weighted by Crippen LogP contribution is -2.49. The molecular weight excluding hydrogens is 374 g/mol. The molecule has 0 aromatic carbocycles. The van der Waals surface area contributed by atoms with Crippen molar-refractivity contribution in [2.45, 2.75) is 39.5 Å². The number of aromatic nitrogens is 2. The minimum absolute atomic E-state index is 0.209. The van der Waals surface area contributed by atoms with E-state index in [9.17, 15) is 4.79 Å². The van der Waals surface area contributed by atoms with Gasteiger partial charge in [0.2, 0.25) is 0 Å². The molecule has 152 valence electrons. The van der Waals surface area contributed by atoms with Gasteiger partial charge in [-0.1, -0.05) is 6.92 Å². The van der Waals surface area contributed by atoms with E-state index in [2.05, 4.69) is 16.8 Å². The van der Waals surface area contributed by atoms with Crippen molar-refractivity contribution in [1.29, 1.82) is 0 Å². The van der Waals surface area contributed by atoms with Gasteiger partial charge >= 0.3 is 6.09 Å². The third-order valence-electron chi connectivity index (χ3n) is 5.78. The van der Waals surface area contributed by atoms with E-state index in [4.69, 9.17) is 15.5 Å². The fraction of sp³-hybridized carbons (Fsp3) is 0.650. The largest absolute Gasteiger partial charge is 0.450 e. The maximum absolute atomic E-state index is 11.8. The van der Waals surface area contributed by atoms with Crippen LogP contribution >= 0.6 is 11.3 Å². The Labute approximate surface area is 169 Å². The van der Waals surface area contributed by atoms with Crippen LogP contribution in [0.3, 0.4) is 0 Å². The van der Waals surface area contributed by atoms with Crippen LogP contribution in [0.4, 0.5) is 10.6 Å². The number of hydrogen-bond donors (Lipinski definition) is 1. The summed E-state index contributed by atoms with van der Waals surface area (Å²) in [5.41, 5.74) is 7.72. The van der Waals surface area contributed by atoms with Crippen LogP contribution in [0.1, 0.15) is 36.5 Å². The van der Waals surface area contributed by atoms with Gasteiger partial charge in [-0.3, -0.25) is 4.90 Å². The molecule has 1 unspecified atom stereocenters. The molecule has 2 N–H and O–H groups in total. The molecule has 0 radical (unpaired) electrons. The number of nitrogens with zero attached hydrogens (tertiary/aromatic N) is 4. The van der Waals surface area contributed by atoms with Gasteiger partial charge in [0.05, 0.1) is 12.0 Å². The minimum atomic E-state index is -0.209. The van der Waals surface area contributed by atoms with Crippen molar-refractivity contribution in [3.05, 3.63) is 16.3 Å². The zero-order valence-corrected chi connectivity index (χ0v) is 17.6. The van der Waals surface area contributed by atoms with Gasteiger partial charge in [0.1, 0.15) is 16.5 Å². The van der Waals surface area contributed by atoms with Gasteiger partial charge in [-0.25, -0.2) is 14.8 Å². The summed E-state index contributed by atoms with van der Waals surface area (Å²) >= 11 is 1.80. The number of ether oxygens (including phenoxy) is 1. The lowest BCUT2D eigenvalue weighted by molar-refractivity contribution is 0.0798. The Bertz CT molecular complexity index is 860. The van der Waals surface area contributed by atoms with E-state index in [-0.39, 0.29) is 6.09 Å². The highest BCUT2D eigenvalue weighted by atomic mass is 32.1. The minimum Gasteiger partial charge on any atom is -0.450 e. The summed E-state index contributed by atoms with van der Waals surface area (Å²) in [6.45, 7) is 8.56. The zero-order chi connectivity index (χ0) is 19.7. The Balaban J connectivity index is 1.39. The fourth-order valence-electron chi connectivity index (χ4n) is 4.16. The van der Waals surface area contributed by atoms with E-state index in [0.29, 0.717) is 25.5 Å². The zero-order valence-electron chi connectivity index (χ0n) is 16.7. The van der Waals surface area contributed by atoms with Crippen LogP contribution in [0.15, 0.2) is 0 Å². The molecule has 4 rings (SSSR count). The number of thiophene rings is 1. The van der Waals surface area contributed by atoms with Gasteiger partial charge < -0.3 is 15.4 Å². The number of aryl methyl sites for hydroxylation is 1. The topological polar surface area (TPSA) is 84.6 Å². The van der Waals surface area contributed by atoms with E-state index in [0.717, 1.165) is 60.9 Å². The van der Waals surface area contributed by atoms with Gasteiger partial charge in [-0.2, -0.15) is 0 Å². The number of piperazine rings is 1. The predicted octanol–water partition coefficient (Wildman–Crippen LogP) is 2.71. The normalized spacial score (nSPS) is 20.4. The maximum Gasteiger partial charge on any atom is 0.409 e. The van der Waals surface area contributed by atoms with Gasteiger partial charge in [0.15, 0.2) is 0 Å². The highest BCUT2D eigenvalue weighted by molar-refractivity contribution is 7.19. The number of carbonyl (C=O) groups excluding carboxylic acids is 1. The summed E-state index contributed by atoms with van der Waals surface area (Å²) in [4.78, 5) is 27.9. The summed E-state index contributed by atoms with van der Waals surface area (Å²) in [5, 5.41) is 1.10. The quantitative estimate of drug-likeness (QED) is 0.845. The number of carbonyl (C=O) groups is 1. The molecule has 2 aromatic rings. The third-order valence-corrected chi connectivity index (χ3v) is 6.93. The first-order valence-corrected chi connectivity index (χ1v) is 11.1. The Morgan fingerprint density at radius 3 is 2.82 bits per heavy atom. The molecular formula is C20H29N5O2S. The SMILES string of the molecule is CCOC(=O)N1CCN(CCc2nc(N)c3c4c(sc3n2)CC(C)CC4)CC1. The molecule has 1 aliphatic carbocycles. The molecule has 1 fully saturated rings. The third kappa shape index (κ3) is 3.93. The molecule has 8 heteroatoms. The number of nitrogen functional groups attached to an aromatic ring is 1. The van der Waals surface area contributed by atoms with Crippen molar-refractivity contribution < 1.29 is 9.53 Å². The summed E-state index contributed by atoms with van der Waals surface area (Å²) in [6, 6.07) is 0. The highest BCUT2D eigenvalue weighted by Gasteiger charge is 2.24. The summed E-state index contributed by atoms with van der Waals surface area (Å²) < 4.78 is 5.08. The summed E-state index contributed by atoms with van der Waals surface area (Å²) in [7, 11) is 0. The molecule has 28 heavy (non-hydrogen) atoms. The molecule has 0 saturated carbocycles. The Morgan fingerprint density at radius 2 is 2.07 bits per heavy atom. The van der Waals surface area contributed by atoms with Gasteiger partial charge in [-0.05, 0) is 37.7 Å². The number of fused-ring (bicyclic) bond motifs is 3. The van der Waals surface area contributed by atoms with Gasteiger partial charge in [-0.15, -0.1) is 11.3 Å². The van der Waals surface area contributed by atoms with E-state index in [1.165, 1.54) is 16.9 Å². The highest BCUT2D eigenvalue weighted by Crippen LogP contribution is 2.39. The van der Waals surface area contributed by atoms with Gasteiger partial charge in [0, 0.05) is 44.0 Å². The molecule has 0 bridgehead atoms. The Kier molecular flexibility index (Phi) is 5.68. The van der Waals surface area contributed by atoms with Gasteiger partial charge in [0.25, 0.3) is 0 Å². The monoisotopic (exact) mass is 403 g/mol. The first-order chi connectivity index (χ1) is 13.5. The van der Waals surface area contributed by atoms with Crippen molar-refractivity contribution in [2.24, 2.45) is 5.92 Å². The van der Waals surface area contributed by atoms with E-state index >= 15 is 0 Å². The predicted molar refractivity (Wildman–Crippen MR) is 112 cm³/mol. The second-order valence-corrected chi connectivity index (χ2v) is 8.92. The van der Waals surface area contributed by atoms with Crippen molar-refractivity contribution in [3.63, 3.8) is 0 Å². The van der Waals surface area contributed by atoms with Crippen LogP contribution in [-0.2, 0) is 24.0 Å². The average molecular weight is 404 g/mol. The molecule has 1 saturated heterocycles. The number of nitrogens with two attached hydrogens (primary N) is 1. The Morgan fingerprint density at radius 1 is 1.29 bits per heavy atom. The molecule has 2 aliphatic rings. The average Bonchev–Trinajstić information content (AvgIpc) is 3.04. The number of hydrogen-bond acceptors (Lipinski definition) is 7. The van der Waals surface area contributed by atoms with E-state index in [1.807, 2.05) is 6.92 Å². The van der Waals surface area contributed by atoms with Crippen molar-refractivity contribution >= 4 is 33.5 Å². The van der Waals surface area contributed by atoms with Crippen LogP contribution < -0.4 is 5.73 Å². The fourth-order valence-corrected chi connectivity index (χ4v) is 5.56. The number of amides is 1. The lowest BCUT2D eigenvalue weighted by Gasteiger charge is -2.33. The van der Waals surface area contributed by atoms with Crippen molar-refractivity contribution in [3.8, 4) is 0 Å². The molecule has 3 heterocycles. The second kappa shape index (κ2) is 8.21. The molecule has 1 aliphatic heterocycles. The van der Waals surface area contributed by atoms with Crippen LogP contribution in [0.25, 0.3) is 10.2 Å². The first-order valence-electron chi connectivity index (χ1n) is 10.3. The van der Waals surface area contributed by atoms with Crippen LogP contribution in [0.2, 0.25) is 0 Å². The van der Waals surface area contributed by atoms with Crippen molar-refractivity contribution in [1.82, 2.24) is 19.8 Å². The van der Waals surface area contributed by atoms with Crippen molar-refractivity contribution in [2.75, 3.05) is 45.1 Å². The molecule has 7 nitrogen and oxygen atoms in total. The molecule has 1 atom stereocenters. The first kappa shape index (κ1) is 19.4. The number of rotatable bonds is 4. The number of anilines is 1. The molecule has 2 aromatic heterocycles. The smallest absolute Gasteiger partial charge is 0.409 e. The van der Waals surface area contributed by atoms with Crippen LogP contribution in [-0.4, -0.2) is 65.2 Å². The van der Waals surface area contributed by atoms with E-state index < -0.39 is 0 Å². The van der Waals surface area contributed by atoms with Crippen LogP contribution in [0, 0.1) is 5.92 Å². The second-order valence-electron chi connectivity index (χ2n) is 7.83.